The molecule has 19 heavy (non-hydrogen) atoms. The van der Waals surface area contributed by atoms with Gasteiger partial charge in [-0.1, -0.05) is 18.2 Å². The molecular formula is C15H21NO3. The summed E-state index contributed by atoms with van der Waals surface area (Å²) in [6.45, 7) is 1.09. The fourth-order valence-corrected chi connectivity index (χ4v) is 2.56. The second-order valence-electron chi connectivity index (χ2n) is 5.16. The van der Waals surface area contributed by atoms with E-state index in [1.54, 1.807) is 0 Å². The number of hydrogen-bond acceptors (Lipinski definition) is 3. The largest absolute Gasteiger partial charge is 0.481 e. The van der Waals surface area contributed by atoms with Gasteiger partial charge in [-0.25, -0.2) is 0 Å². The molecule has 0 aliphatic heterocycles. The van der Waals surface area contributed by atoms with Crippen LogP contribution in [0.2, 0.25) is 0 Å². The van der Waals surface area contributed by atoms with E-state index in [2.05, 4.69) is 23.5 Å². The zero-order valence-corrected chi connectivity index (χ0v) is 11.1. The summed E-state index contributed by atoms with van der Waals surface area (Å²) >= 11 is 0. The third kappa shape index (κ3) is 4.33. The lowest BCUT2D eigenvalue weighted by Crippen LogP contribution is -2.30. The van der Waals surface area contributed by atoms with Gasteiger partial charge in [0.2, 0.25) is 0 Å². The minimum Gasteiger partial charge on any atom is -0.481 e. The minimum atomic E-state index is -0.965. The van der Waals surface area contributed by atoms with Gasteiger partial charge in [0.05, 0.1) is 12.5 Å². The third-order valence-corrected chi connectivity index (χ3v) is 3.54. The molecule has 0 spiro atoms. The number of fused-ring (bicyclic) bond motifs is 1. The van der Waals surface area contributed by atoms with Crippen molar-refractivity contribution in [2.24, 2.45) is 0 Å². The van der Waals surface area contributed by atoms with Gasteiger partial charge in [-0.3, -0.25) is 4.79 Å². The number of aliphatic hydroxyl groups is 1. The first kappa shape index (κ1) is 14.0. The Morgan fingerprint density at radius 2 is 2.11 bits per heavy atom. The number of nitrogens with one attached hydrogen (secondary N) is 1. The number of carbonyl (C=O) groups is 1. The molecule has 0 heterocycles. The highest BCUT2D eigenvalue weighted by molar-refractivity contribution is 5.67. The van der Waals surface area contributed by atoms with Gasteiger partial charge in [0.25, 0.3) is 0 Å². The van der Waals surface area contributed by atoms with E-state index in [-0.39, 0.29) is 6.42 Å². The van der Waals surface area contributed by atoms with E-state index in [1.165, 1.54) is 36.0 Å². The number of aryl methyl sites for hydroxylation is 2. The van der Waals surface area contributed by atoms with E-state index in [1.807, 2.05) is 0 Å². The quantitative estimate of drug-likeness (QED) is 0.645. The zero-order chi connectivity index (χ0) is 13.7. The number of aliphatic hydroxyl groups excluding tert-OH is 1. The fourth-order valence-electron chi connectivity index (χ4n) is 2.56. The van der Waals surface area contributed by atoms with Crippen LogP contribution in [0.5, 0.6) is 0 Å². The molecule has 1 unspecified atom stereocenters. The number of carboxylic acids is 1. The Kier molecular flexibility index (Phi) is 4.93. The van der Waals surface area contributed by atoms with Gasteiger partial charge in [-0.05, 0) is 48.9 Å². The molecule has 1 aromatic carbocycles. The molecule has 0 amide bonds. The van der Waals surface area contributed by atoms with Crippen LogP contribution in [0.1, 0.15) is 29.5 Å². The van der Waals surface area contributed by atoms with Crippen molar-refractivity contribution in [1.29, 1.82) is 0 Å². The lowest BCUT2D eigenvalue weighted by atomic mass is 10.0. The van der Waals surface area contributed by atoms with Gasteiger partial charge in [0.15, 0.2) is 0 Å². The van der Waals surface area contributed by atoms with Gasteiger partial charge < -0.3 is 15.5 Å². The molecule has 0 fully saturated rings. The summed E-state index contributed by atoms with van der Waals surface area (Å²) in [4.78, 5) is 10.4. The predicted molar refractivity (Wildman–Crippen MR) is 73.3 cm³/mol. The maximum absolute atomic E-state index is 10.4. The van der Waals surface area contributed by atoms with Crippen molar-refractivity contribution < 1.29 is 15.0 Å². The molecule has 2 rings (SSSR count). The van der Waals surface area contributed by atoms with Gasteiger partial charge in [0, 0.05) is 6.54 Å². The monoisotopic (exact) mass is 263 g/mol. The van der Waals surface area contributed by atoms with E-state index in [0.29, 0.717) is 6.54 Å². The van der Waals surface area contributed by atoms with Crippen LogP contribution in [-0.4, -0.2) is 35.4 Å². The molecule has 1 aliphatic carbocycles. The number of hydrogen-bond donors (Lipinski definition) is 3. The molecule has 3 N–H and O–H groups in total. The maximum atomic E-state index is 10.4. The van der Waals surface area contributed by atoms with Crippen LogP contribution >= 0.6 is 0 Å². The van der Waals surface area contributed by atoms with Crippen LogP contribution < -0.4 is 5.32 Å². The van der Waals surface area contributed by atoms with E-state index in [9.17, 15) is 9.90 Å². The summed E-state index contributed by atoms with van der Waals surface area (Å²) in [7, 11) is 0. The van der Waals surface area contributed by atoms with Crippen molar-refractivity contribution in [2.45, 2.75) is 38.2 Å². The Morgan fingerprint density at radius 3 is 2.89 bits per heavy atom. The molecule has 0 saturated carbocycles. The average Bonchev–Trinajstić information content (AvgIpc) is 2.81. The summed E-state index contributed by atoms with van der Waals surface area (Å²) in [5, 5.41) is 21.0. The Morgan fingerprint density at radius 1 is 1.32 bits per heavy atom. The number of benzene rings is 1. The third-order valence-electron chi connectivity index (χ3n) is 3.54. The predicted octanol–water partition coefficient (Wildman–Crippen LogP) is 1.14. The highest BCUT2D eigenvalue weighted by Gasteiger charge is 2.11. The summed E-state index contributed by atoms with van der Waals surface area (Å²) < 4.78 is 0. The molecular weight excluding hydrogens is 242 g/mol. The average molecular weight is 263 g/mol. The molecule has 1 atom stereocenters. The molecule has 1 aromatic rings. The van der Waals surface area contributed by atoms with Crippen molar-refractivity contribution >= 4 is 5.97 Å². The highest BCUT2D eigenvalue weighted by atomic mass is 16.4. The van der Waals surface area contributed by atoms with Crippen LogP contribution in [0, 0.1) is 0 Å². The molecule has 0 aromatic heterocycles. The second-order valence-corrected chi connectivity index (χ2v) is 5.16. The lowest BCUT2D eigenvalue weighted by Gasteiger charge is -2.10. The van der Waals surface area contributed by atoms with Crippen molar-refractivity contribution in [1.82, 2.24) is 5.32 Å². The second kappa shape index (κ2) is 6.68. The number of rotatable bonds is 7. The standard InChI is InChI=1S/C15H21NO3/c17-14(9-15(18)19)10-16-7-6-11-4-5-12-2-1-3-13(12)8-11/h4-5,8,14,16-17H,1-3,6-7,9-10H2,(H,18,19). The van der Waals surface area contributed by atoms with Crippen LogP contribution in [0.3, 0.4) is 0 Å². The summed E-state index contributed by atoms with van der Waals surface area (Å²) in [6.07, 6.45) is 3.55. The Balaban J connectivity index is 1.70. The molecule has 0 radical (unpaired) electrons. The minimum absolute atomic E-state index is 0.203. The van der Waals surface area contributed by atoms with Gasteiger partial charge in [-0.2, -0.15) is 0 Å². The lowest BCUT2D eigenvalue weighted by molar-refractivity contribution is -0.139. The Hall–Kier alpha value is -1.39. The molecule has 104 valence electrons. The van der Waals surface area contributed by atoms with E-state index >= 15 is 0 Å². The van der Waals surface area contributed by atoms with Crippen LogP contribution in [0.25, 0.3) is 0 Å². The van der Waals surface area contributed by atoms with Crippen molar-refractivity contribution in [3.63, 3.8) is 0 Å². The van der Waals surface area contributed by atoms with Crippen molar-refractivity contribution in [3.8, 4) is 0 Å². The molecule has 0 saturated heterocycles. The van der Waals surface area contributed by atoms with Gasteiger partial charge in [-0.15, -0.1) is 0 Å². The topological polar surface area (TPSA) is 69.6 Å². The van der Waals surface area contributed by atoms with Crippen molar-refractivity contribution in [2.75, 3.05) is 13.1 Å². The van der Waals surface area contributed by atoms with Crippen molar-refractivity contribution in [3.05, 3.63) is 34.9 Å². The van der Waals surface area contributed by atoms with Crippen LogP contribution in [0.15, 0.2) is 18.2 Å². The molecule has 4 heteroatoms. The van der Waals surface area contributed by atoms with E-state index in [4.69, 9.17) is 5.11 Å². The zero-order valence-electron chi connectivity index (χ0n) is 11.1. The van der Waals surface area contributed by atoms with E-state index in [0.717, 1.165) is 13.0 Å². The summed E-state index contributed by atoms with van der Waals surface area (Å²) in [6, 6.07) is 6.66. The first-order valence-electron chi connectivity index (χ1n) is 6.86. The summed E-state index contributed by atoms with van der Waals surface area (Å²) in [5.41, 5.74) is 4.26. The molecule has 1 aliphatic rings. The van der Waals surface area contributed by atoms with Crippen LogP contribution in [-0.2, 0) is 24.1 Å². The summed E-state index contributed by atoms with van der Waals surface area (Å²) in [5.74, 6) is -0.965. The first-order valence-corrected chi connectivity index (χ1v) is 6.86. The normalized spacial score (nSPS) is 15.2. The number of carboxylic acid groups (broad SMARTS) is 1. The van der Waals surface area contributed by atoms with Crippen LogP contribution in [0.4, 0.5) is 0 Å². The highest BCUT2D eigenvalue weighted by Crippen LogP contribution is 2.22. The maximum Gasteiger partial charge on any atom is 0.306 e. The SMILES string of the molecule is O=C(O)CC(O)CNCCc1ccc2c(c1)CCC2. The molecule has 4 nitrogen and oxygen atoms in total. The fraction of sp³-hybridized carbons (Fsp3) is 0.533. The first-order chi connectivity index (χ1) is 9.15. The Bertz CT molecular complexity index is 445. The van der Waals surface area contributed by atoms with E-state index < -0.39 is 12.1 Å². The Labute approximate surface area is 113 Å². The van der Waals surface area contributed by atoms with Gasteiger partial charge >= 0.3 is 5.97 Å². The molecule has 0 bridgehead atoms. The van der Waals surface area contributed by atoms with Gasteiger partial charge in [0.1, 0.15) is 0 Å². The smallest absolute Gasteiger partial charge is 0.306 e. The number of aliphatic carboxylic acids is 1.